The molecule has 1 saturated heterocycles. The summed E-state index contributed by atoms with van der Waals surface area (Å²) in [4.78, 5) is 37.3. The lowest BCUT2D eigenvalue weighted by Crippen LogP contribution is -2.59. The Balaban J connectivity index is 1.44. The van der Waals surface area contributed by atoms with E-state index in [1.165, 1.54) is 6.92 Å². The predicted octanol–water partition coefficient (Wildman–Crippen LogP) is 4.17. The number of hydrogen-bond acceptors (Lipinski definition) is 4. The molecule has 10 heteroatoms. The number of likely N-dealkylation sites (tertiary alicyclic amines) is 1. The fourth-order valence-corrected chi connectivity index (χ4v) is 4.93. The molecule has 3 unspecified atom stereocenters. The second kappa shape index (κ2) is 9.59. The quantitative estimate of drug-likeness (QED) is 0.656. The highest BCUT2D eigenvalue weighted by Gasteiger charge is 2.49. The molecular weight excluding hydrogens is 465 g/mol. The van der Waals surface area contributed by atoms with Gasteiger partial charge in [0.1, 0.15) is 6.61 Å². The topological polar surface area (TPSA) is 95.9 Å². The molecule has 35 heavy (non-hydrogen) atoms. The van der Waals surface area contributed by atoms with E-state index < -0.39 is 42.1 Å². The normalized spacial score (nSPS) is 20.5. The number of halogens is 3. The third-order valence-electron chi connectivity index (χ3n) is 6.69. The summed E-state index contributed by atoms with van der Waals surface area (Å²) in [5.41, 5.74) is 3.75. The molecule has 2 aromatic carbocycles. The van der Waals surface area contributed by atoms with Crippen LogP contribution in [0, 0.1) is 5.92 Å². The number of amides is 2. The number of ether oxygens (including phenoxy) is 1. The summed E-state index contributed by atoms with van der Waals surface area (Å²) in [7, 11) is 0. The molecular formula is C25H25F3N2O5. The second-order valence-corrected chi connectivity index (χ2v) is 8.88. The van der Waals surface area contributed by atoms with Gasteiger partial charge in [-0.2, -0.15) is 13.2 Å². The van der Waals surface area contributed by atoms with E-state index in [4.69, 9.17) is 9.84 Å². The number of hydrogen-bond donors (Lipinski definition) is 2. The Kier molecular flexibility index (Phi) is 6.73. The van der Waals surface area contributed by atoms with Gasteiger partial charge in [-0.15, -0.1) is 0 Å². The molecule has 4 rings (SSSR count). The third kappa shape index (κ3) is 4.96. The van der Waals surface area contributed by atoms with Crippen molar-refractivity contribution >= 4 is 18.0 Å². The van der Waals surface area contributed by atoms with E-state index in [1.54, 1.807) is 5.32 Å². The Morgan fingerprint density at radius 3 is 2.17 bits per heavy atom. The lowest BCUT2D eigenvalue weighted by molar-refractivity contribution is -0.177. The number of carbonyl (C=O) groups excluding carboxylic acids is 2. The number of carboxylic acids is 1. The molecule has 1 heterocycles. The standard InChI is InChI=1S/C25H25F3N2O5/c1-14-12-15(23(32)33)10-11-30(14)22(31)21(25(26,27)28)29-24(34)35-13-20-18-8-4-2-6-16(18)17-7-3-5-9-19(17)20/h2-9,14-15,20-21H,10-13H2,1H3,(H,29,34)(H,32,33). The van der Waals surface area contributed by atoms with Crippen molar-refractivity contribution in [2.24, 2.45) is 5.92 Å². The van der Waals surface area contributed by atoms with Gasteiger partial charge in [-0.05, 0) is 42.0 Å². The van der Waals surface area contributed by atoms with Gasteiger partial charge in [0.15, 0.2) is 0 Å². The highest BCUT2D eigenvalue weighted by Crippen LogP contribution is 2.44. The molecule has 2 amide bonds. The lowest BCUT2D eigenvalue weighted by Gasteiger charge is -2.38. The molecule has 0 aromatic heterocycles. The summed E-state index contributed by atoms with van der Waals surface area (Å²) >= 11 is 0. The number of carbonyl (C=O) groups is 3. The Morgan fingerprint density at radius 2 is 1.66 bits per heavy atom. The first-order valence-corrected chi connectivity index (χ1v) is 11.3. The average molecular weight is 490 g/mol. The molecule has 7 nitrogen and oxygen atoms in total. The number of alkyl carbamates (subject to hydrolysis) is 1. The molecule has 2 N–H and O–H groups in total. The van der Waals surface area contributed by atoms with Crippen molar-refractivity contribution in [3.63, 3.8) is 0 Å². The Bertz CT molecular complexity index is 1090. The van der Waals surface area contributed by atoms with Crippen molar-refractivity contribution in [2.75, 3.05) is 13.2 Å². The molecule has 1 aliphatic carbocycles. The monoisotopic (exact) mass is 490 g/mol. The fraction of sp³-hybridized carbons (Fsp3) is 0.400. The van der Waals surface area contributed by atoms with Gasteiger partial charge < -0.3 is 20.1 Å². The van der Waals surface area contributed by atoms with Gasteiger partial charge in [0.05, 0.1) is 5.92 Å². The smallest absolute Gasteiger partial charge is 0.417 e. The van der Waals surface area contributed by atoms with E-state index in [1.807, 2.05) is 48.5 Å². The molecule has 186 valence electrons. The number of carboxylic acid groups (broad SMARTS) is 1. The predicted molar refractivity (Wildman–Crippen MR) is 120 cm³/mol. The zero-order valence-electron chi connectivity index (χ0n) is 18.9. The maximum atomic E-state index is 13.7. The number of rotatable bonds is 5. The lowest BCUT2D eigenvalue weighted by atomic mass is 9.91. The number of alkyl halides is 3. The van der Waals surface area contributed by atoms with E-state index in [0.717, 1.165) is 27.2 Å². The van der Waals surface area contributed by atoms with E-state index in [2.05, 4.69) is 0 Å². The van der Waals surface area contributed by atoms with Crippen LogP contribution in [0.1, 0.15) is 36.8 Å². The van der Waals surface area contributed by atoms with Crippen molar-refractivity contribution in [3.8, 4) is 11.1 Å². The summed E-state index contributed by atoms with van der Waals surface area (Å²) in [6, 6.07) is 11.6. The maximum absolute atomic E-state index is 13.7. The van der Waals surface area contributed by atoms with Crippen LogP contribution in [0.3, 0.4) is 0 Å². The molecule has 0 bridgehead atoms. The van der Waals surface area contributed by atoms with E-state index in [0.29, 0.717) is 0 Å². The van der Waals surface area contributed by atoms with Gasteiger partial charge in [-0.3, -0.25) is 9.59 Å². The summed E-state index contributed by atoms with van der Waals surface area (Å²) in [5.74, 6) is -3.45. The van der Waals surface area contributed by atoms with Crippen LogP contribution in [0.25, 0.3) is 11.1 Å². The minimum atomic E-state index is -5.05. The van der Waals surface area contributed by atoms with Crippen LogP contribution < -0.4 is 5.32 Å². The number of benzene rings is 2. The maximum Gasteiger partial charge on any atom is 0.417 e. The summed E-state index contributed by atoms with van der Waals surface area (Å²) in [6.45, 7) is 1.16. The SMILES string of the molecule is CC1CC(C(=O)O)CCN1C(=O)C(NC(=O)OCC1c2ccccc2-c2ccccc21)C(F)(F)F. The first-order chi connectivity index (χ1) is 16.6. The number of piperidine rings is 1. The first-order valence-electron chi connectivity index (χ1n) is 11.3. The van der Waals surface area contributed by atoms with Gasteiger partial charge >= 0.3 is 18.2 Å². The van der Waals surface area contributed by atoms with Crippen LogP contribution >= 0.6 is 0 Å². The number of nitrogens with zero attached hydrogens (tertiary/aromatic N) is 1. The van der Waals surface area contributed by atoms with Crippen molar-refractivity contribution in [1.29, 1.82) is 0 Å². The molecule has 1 fully saturated rings. The summed E-state index contributed by atoms with van der Waals surface area (Å²) in [5, 5.41) is 10.8. The van der Waals surface area contributed by atoms with Gasteiger partial charge in [-0.25, -0.2) is 4.79 Å². The van der Waals surface area contributed by atoms with E-state index in [-0.39, 0.29) is 31.9 Å². The zero-order valence-corrected chi connectivity index (χ0v) is 18.9. The van der Waals surface area contributed by atoms with E-state index >= 15 is 0 Å². The molecule has 2 aromatic rings. The minimum Gasteiger partial charge on any atom is -0.481 e. The molecule has 1 aliphatic heterocycles. The van der Waals surface area contributed by atoms with Crippen LogP contribution in [0.4, 0.5) is 18.0 Å². The largest absolute Gasteiger partial charge is 0.481 e. The minimum absolute atomic E-state index is 0.0383. The Morgan fingerprint density at radius 1 is 1.09 bits per heavy atom. The number of aliphatic carboxylic acids is 1. The Hall–Kier alpha value is -3.56. The fourth-order valence-electron chi connectivity index (χ4n) is 4.93. The van der Waals surface area contributed by atoms with Crippen LogP contribution in [0.5, 0.6) is 0 Å². The highest BCUT2D eigenvalue weighted by atomic mass is 19.4. The van der Waals surface area contributed by atoms with Crippen molar-refractivity contribution in [1.82, 2.24) is 10.2 Å². The van der Waals surface area contributed by atoms with Gasteiger partial charge in [-0.1, -0.05) is 48.5 Å². The first kappa shape index (κ1) is 24.6. The number of nitrogens with one attached hydrogen (secondary N) is 1. The van der Waals surface area contributed by atoms with Crippen LogP contribution in [-0.4, -0.2) is 59.4 Å². The molecule has 0 saturated carbocycles. The summed E-state index contributed by atoms with van der Waals surface area (Å²) < 4.78 is 46.4. The third-order valence-corrected chi connectivity index (χ3v) is 6.69. The Labute approximate surface area is 199 Å². The van der Waals surface area contributed by atoms with Crippen molar-refractivity contribution in [2.45, 2.75) is 43.9 Å². The van der Waals surface area contributed by atoms with Gasteiger partial charge in [0, 0.05) is 18.5 Å². The highest BCUT2D eigenvalue weighted by molar-refractivity contribution is 5.87. The van der Waals surface area contributed by atoms with Crippen LogP contribution in [-0.2, 0) is 14.3 Å². The molecule has 2 aliphatic rings. The van der Waals surface area contributed by atoms with Crippen LogP contribution in [0.15, 0.2) is 48.5 Å². The van der Waals surface area contributed by atoms with E-state index in [9.17, 15) is 27.6 Å². The average Bonchev–Trinajstić information content (AvgIpc) is 3.13. The summed E-state index contributed by atoms with van der Waals surface area (Å²) in [6.07, 6.45) is -6.32. The van der Waals surface area contributed by atoms with Crippen molar-refractivity contribution in [3.05, 3.63) is 59.7 Å². The van der Waals surface area contributed by atoms with Gasteiger partial charge in [0.25, 0.3) is 5.91 Å². The number of fused-ring (bicyclic) bond motifs is 3. The zero-order chi connectivity index (χ0) is 25.3. The van der Waals surface area contributed by atoms with Crippen LogP contribution in [0.2, 0.25) is 0 Å². The van der Waals surface area contributed by atoms with Gasteiger partial charge in [0.2, 0.25) is 6.04 Å². The molecule has 0 spiro atoms. The molecule has 0 radical (unpaired) electrons. The van der Waals surface area contributed by atoms with Crippen molar-refractivity contribution < 1.29 is 37.4 Å². The molecule has 3 atom stereocenters. The second-order valence-electron chi connectivity index (χ2n) is 8.88.